The second-order valence-corrected chi connectivity index (χ2v) is 9.68. The minimum atomic E-state index is 0. The monoisotopic (exact) mass is 409 g/mol. The van der Waals surface area contributed by atoms with Crippen molar-refractivity contribution in [2.45, 2.75) is 72.9 Å². The van der Waals surface area contributed by atoms with Crippen LogP contribution in [0.2, 0.25) is 3.63 Å². The molecule has 0 spiro atoms. The topological polar surface area (TPSA) is 0 Å². The van der Waals surface area contributed by atoms with E-state index in [2.05, 4.69) is 69.2 Å². The number of rotatable bonds is 2. The van der Waals surface area contributed by atoms with Crippen molar-refractivity contribution in [1.29, 1.82) is 0 Å². The Morgan fingerprint density at radius 1 is 0.609 bits per heavy atom. The van der Waals surface area contributed by atoms with E-state index in [1.807, 2.05) is 0 Å². The van der Waals surface area contributed by atoms with Crippen molar-refractivity contribution in [3.8, 4) is 0 Å². The Labute approximate surface area is 164 Å². The SMILES string of the molecule is CC1=C(C)C(C)(C)C([CH]([Zr])C2=C(C)C(C)=C(C)C2(C)C)=C1C.Cl. The van der Waals surface area contributed by atoms with E-state index in [0.717, 1.165) is 0 Å². The fourth-order valence-electron chi connectivity index (χ4n) is 4.54. The van der Waals surface area contributed by atoms with Crippen molar-refractivity contribution in [3.63, 3.8) is 0 Å². The Morgan fingerprint density at radius 3 is 1.04 bits per heavy atom. The summed E-state index contributed by atoms with van der Waals surface area (Å²) >= 11 is 1.63. The molecule has 0 saturated carbocycles. The number of hydrogen-bond acceptors (Lipinski definition) is 0. The molecule has 0 bridgehead atoms. The maximum absolute atomic E-state index is 2.42. The first-order valence-corrected chi connectivity index (χ1v) is 9.79. The average molecular weight is 411 g/mol. The van der Waals surface area contributed by atoms with Gasteiger partial charge < -0.3 is 0 Å². The maximum atomic E-state index is 2.42. The number of allylic oxidation sites excluding steroid dienone is 8. The third-order valence-corrected chi connectivity index (χ3v) is 8.28. The van der Waals surface area contributed by atoms with Gasteiger partial charge in [0.1, 0.15) is 0 Å². The first kappa shape index (κ1) is 21.2. The summed E-state index contributed by atoms with van der Waals surface area (Å²) in [4.78, 5) is 0. The number of hydrogen-bond donors (Lipinski definition) is 0. The van der Waals surface area contributed by atoms with Crippen LogP contribution in [-0.2, 0) is 24.7 Å². The predicted octanol–water partition coefficient (Wildman–Crippen LogP) is 7.13. The average Bonchev–Trinajstić information content (AvgIpc) is 2.66. The summed E-state index contributed by atoms with van der Waals surface area (Å²) in [5, 5.41) is 0. The van der Waals surface area contributed by atoms with Crippen LogP contribution in [0.25, 0.3) is 0 Å². The molecule has 0 saturated heterocycles. The van der Waals surface area contributed by atoms with Gasteiger partial charge in [-0.05, 0) is 0 Å². The van der Waals surface area contributed by atoms with Crippen LogP contribution in [0, 0.1) is 10.8 Å². The second kappa shape index (κ2) is 6.45. The molecule has 0 aliphatic heterocycles. The standard InChI is InChI=1S/C21H31.ClH.Zr/c1-12-14(3)18(20(7,8)16(12)5)11-19-15(4)13(2)17(6)21(19,9)10;;/h11H,1-10H3;1H;. The van der Waals surface area contributed by atoms with Gasteiger partial charge in [-0.2, -0.15) is 0 Å². The minimum absolute atomic E-state index is 0. The molecule has 0 fully saturated rings. The summed E-state index contributed by atoms with van der Waals surface area (Å²) in [7, 11) is 0. The summed E-state index contributed by atoms with van der Waals surface area (Å²) in [6, 6.07) is 0. The van der Waals surface area contributed by atoms with Crippen molar-refractivity contribution in [3.05, 3.63) is 44.6 Å². The van der Waals surface area contributed by atoms with E-state index >= 15 is 0 Å². The maximum Gasteiger partial charge on any atom is -0.147 e. The summed E-state index contributed by atoms with van der Waals surface area (Å²) in [5.74, 6) is 0. The summed E-state index contributed by atoms with van der Waals surface area (Å²) in [6.45, 7) is 23.6. The molecule has 2 aliphatic rings. The van der Waals surface area contributed by atoms with Crippen LogP contribution in [-0.4, -0.2) is 0 Å². The fourth-order valence-corrected chi connectivity index (χ4v) is 7.38. The quantitative estimate of drug-likeness (QED) is 0.454. The molecule has 127 valence electrons. The first-order valence-electron chi connectivity index (χ1n) is 8.37. The minimum Gasteiger partial charge on any atom is -0.147 e. The van der Waals surface area contributed by atoms with E-state index in [9.17, 15) is 0 Å². The molecular weight excluding hydrogens is 379 g/mol. The van der Waals surface area contributed by atoms with Gasteiger partial charge in [0.15, 0.2) is 0 Å². The molecule has 0 N–H and O–H groups in total. The van der Waals surface area contributed by atoms with Gasteiger partial charge in [0.05, 0.1) is 0 Å². The van der Waals surface area contributed by atoms with Crippen molar-refractivity contribution >= 4 is 12.4 Å². The van der Waals surface area contributed by atoms with Crippen LogP contribution in [0.15, 0.2) is 44.6 Å². The van der Waals surface area contributed by atoms with Crippen LogP contribution >= 0.6 is 12.4 Å². The molecule has 0 atom stereocenters. The zero-order valence-electron chi connectivity index (χ0n) is 16.5. The van der Waals surface area contributed by atoms with E-state index in [0.29, 0.717) is 3.63 Å². The Hall–Kier alpha value is 0.133. The molecule has 0 unspecified atom stereocenters. The summed E-state index contributed by atoms with van der Waals surface area (Å²) < 4.78 is 0.594. The molecule has 23 heavy (non-hydrogen) atoms. The second-order valence-electron chi connectivity index (χ2n) is 8.26. The molecule has 2 heteroatoms. The van der Waals surface area contributed by atoms with Gasteiger partial charge in [0, 0.05) is 0 Å². The van der Waals surface area contributed by atoms with Gasteiger partial charge in [-0.3, -0.25) is 0 Å². The van der Waals surface area contributed by atoms with E-state index in [-0.39, 0.29) is 23.2 Å². The Morgan fingerprint density at radius 2 is 0.870 bits per heavy atom. The molecule has 2 rings (SSSR count). The Bertz CT molecular complexity index is 608. The molecule has 2 aliphatic carbocycles. The van der Waals surface area contributed by atoms with Crippen LogP contribution in [0.3, 0.4) is 0 Å². The smallest absolute Gasteiger partial charge is 0.147 e. The van der Waals surface area contributed by atoms with Crippen LogP contribution < -0.4 is 0 Å². The van der Waals surface area contributed by atoms with Crippen LogP contribution in [0.1, 0.15) is 69.2 Å². The molecule has 0 aromatic carbocycles. The van der Waals surface area contributed by atoms with Gasteiger partial charge >= 0.3 is 153 Å². The van der Waals surface area contributed by atoms with E-state index in [4.69, 9.17) is 0 Å². The van der Waals surface area contributed by atoms with E-state index < -0.39 is 0 Å². The first-order chi connectivity index (χ1) is 9.86. The van der Waals surface area contributed by atoms with Gasteiger partial charge in [-0.1, -0.05) is 0 Å². The van der Waals surface area contributed by atoms with Crippen molar-refractivity contribution in [2.24, 2.45) is 10.8 Å². The Balaban J connectivity index is 0.00000264. The van der Waals surface area contributed by atoms with Crippen molar-refractivity contribution < 1.29 is 24.7 Å². The molecule has 0 heterocycles. The third-order valence-electron chi connectivity index (χ3n) is 6.86. The van der Waals surface area contributed by atoms with Crippen molar-refractivity contribution in [2.75, 3.05) is 0 Å². The molecule has 0 aromatic heterocycles. The molecule has 0 aromatic rings. The van der Waals surface area contributed by atoms with E-state index in [1.54, 1.807) is 58.2 Å². The third kappa shape index (κ3) is 2.85. The van der Waals surface area contributed by atoms with E-state index in [1.165, 1.54) is 11.1 Å². The number of halogens is 1. The zero-order chi connectivity index (χ0) is 17.2. The normalized spacial score (nSPS) is 23.4. The molecular formula is C21H32ClZr. The Kier molecular flexibility index (Phi) is 5.94. The van der Waals surface area contributed by atoms with Crippen LogP contribution in [0.4, 0.5) is 0 Å². The van der Waals surface area contributed by atoms with Crippen LogP contribution in [0.5, 0.6) is 0 Å². The summed E-state index contributed by atoms with van der Waals surface area (Å²) in [5.41, 5.74) is 13.0. The predicted molar refractivity (Wildman–Crippen MR) is 101 cm³/mol. The molecule has 0 radical (unpaired) electrons. The molecule has 0 nitrogen and oxygen atoms in total. The van der Waals surface area contributed by atoms with Gasteiger partial charge in [-0.15, -0.1) is 12.4 Å². The van der Waals surface area contributed by atoms with Gasteiger partial charge in [0.2, 0.25) is 0 Å². The zero-order valence-corrected chi connectivity index (χ0v) is 19.8. The van der Waals surface area contributed by atoms with Crippen molar-refractivity contribution in [1.82, 2.24) is 0 Å². The summed E-state index contributed by atoms with van der Waals surface area (Å²) in [6.07, 6.45) is 0. The van der Waals surface area contributed by atoms with Gasteiger partial charge in [0.25, 0.3) is 0 Å². The van der Waals surface area contributed by atoms with Gasteiger partial charge in [-0.25, -0.2) is 0 Å². The fraction of sp³-hybridized carbons (Fsp3) is 0.619. The largest absolute Gasteiger partial charge is 0.147 e. The molecule has 0 amide bonds.